The number of allylic oxidation sites excluding steroid dienone is 1. The molecule has 0 spiro atoms. The highest BCUT2D eigenvalue weighted by Gasteiger charge is 2.79. The Hall–Kier alpha value is -1.44. The van der Waals surface area contributed by atoms with Crippen LogP contribution in [-0.2, 0) is 14.3 Å². The van der Waals surface area contributed by atoms with Crippen molar-refractivity contribution in [1.29, 1.82) is 0 Å². The Bertz CT molecular complexity index is 549. The average molecular weight is 325 g/mol. The van der Waals surface area contributed by atoms with E-state index in [-0.39, 0.29) is 12.3 Å². The molecule has 1 unspecified atom stereocenters. The lowest BCUT2D eigenvalue weighted by atomic mass is 9.64. The molecule has 7 heteroatoms. The largest absolute Gasteiger partial charge is 0.453 e. The first-order valence-corrected chi connectivity index (χ1v) is 8.06. The van der Waals surface area contributed by atoms with E-state index in [1.165, 1.54) is 0 Å². The Morgan fingerprint density at radius 1 is 1.43 bits per heavy atom. The topological polar surface area (TPSA) is 116 Å². The predicted molar refractivity (Wildman–Crippen MR) is 79.1 cm³/mol. The summed E-state index contributed by atoms with van der Waals surface area (Å²) in [6.45, 7) is 1.13. The second-order valence-corrected chi connectivity index (χ2v) is 6.89. The molecule has 2 saturated heterocycles. The van der Waals surface area contributed by atoms with Crippen LogP contribution in [-0.4, -0.2) is 57.2 Å². The van der Waals surface area contributed by atoms with Crippen molar-refractivity contribution in [2.24, 2.45) is 11.8 Å². The van der Waals surface area contributed by atoms with Gasteiger partial charge in [0.1, 0.15) is 0 Å². The Kier molecular flexibility index (Phi) is 3.98. The second-order valence-electron chi connectivity index (χ2n) is 6.89. The molecular formula is C16H23NO6. The summed E-state index contributed by atoms with van der Waals surface area (Å²) >= 11 is 0. The summed E-state index contributed by atoms with van der Waals surface area (Å²) in [5.41, 5.74) is -2.70. The zero-order valence-electron chi connectivity index (χ0n) is 13.1. The molecule has 2 fully saturated rings. The second kappa shape index (κ2) is 5.58. The Morgan fingerprint density at radius 2 is 2.17 bits per heavy atom. The molecule has 0 radical (unpaired) electrons. The number of aliphatic hydroxyl groups excluding tert-OH is 3. The molecule has 1 amide bonds. The minimum absolute atomic E-state index is 0.0267. The molecule has 0 bridgehead atoms. The van der Waals surface area contributed by atoms with Crippen molar-refractivity contribution in [1.82, 2.24) is 5.32 Å². The van der Waals surface area contributed by atoms with E-state index in [4.69, 9.17) is 9.84 Å². The zero-order chi connectivity index (χ0) is 16.8. The van der Waals surface area contributed by atoms with Crippen LogP contribution in [0, 0.1) is 11.8 Å². The van der Waals surface area contributed by atoms with Gasteiger partial charge in [-0.2, -0.15) is 0 Å². The third-order valence-corrected chi connectivity index (χ3v) is 5.57. The minimum Gasteiger partial charge on any atom is -0.453 e. The highest BCUT2D eigenvalue weighted by molar-refractivity contribution is 6.01. The lowest BCUT2D eigenvalue weighted by Crippen LogP contribution is -2.80. The molecular weight excluding hydrogens is 302 g/mol. The highest BCUT2D eigenvalue weighted by Crippen LogP contribution is 2.53. The normalized spacial score (nSPS) is 41.6. The van der Waals surface area contributed by atoms with Crippen molar-refractivity contribution in [3.63, 3.8) is 0 Å². The van der Waals surface area contributed by atoms with Crippen LogP contribution in [0.4, 0.5) is 0 Å². The average Bonchev–Trinajstić information content (AvgIpc) is 2.72. The van der Waals surface area contributed by atoms with Crippen LogP contribution < -0.4 is 5.32 Å². The van der Waals surface area contributed by atoms with Gasteiger partial charge in [0, 0.05) is 5.92 Å². The number of carbonyl (C=O) groups excluding carboxylic acids is 2. The maximum absolute atomic E-state index is 12.4. The van der Waals surface area contributed by atoms with Crippen molar-refractivity contribution in [2.75, 3.05) is 6.61 Å². The molecule has 128 valence electrons. The quantitative estimate of drug-likeness (QED) is 0.390. The summed E-state index contributed by atoms with van der Waals surface area (Å²) in [6.07, 6.45) is 4.27. The number of rotatable bonds is 5. The summed E-state index contributed by atoms with van der Waals surface area (Å²) in [7, 11) is 0. The summed E-state index contributed by atoms with van der Waals surface area (Å²) in [6, 6.07) is 0. The van der Waals surface area contributed by atoms with E-state index in [1.807, 2.05) is 12.2 Å². The highest BCUT2D eigenvalue weighted by atomic mass is 16.6. The van der Waals surface area contributed by atoms with Crippen molar-refractivity contribution < 1.29 is 29.6 Å². The fourth-order valence-corrected chi connectivity index (χ4v) is 4.15. The van der Waals surface area contributed by atoms with Gasteiger partial charge < -0.3 is 25.4 Å². The maximum atomic E-state index is 12.4. The van der Waals surface area contributed by atoms with Gasteiger partial charge in [-0.3, -0.25) is 4.79 Å². The van der Waals surface area contributed by atoms with Gasteiger partial charge in [0.05, 0.1) is 24.7 Å². The molecule has 3 rings (SSSR count). The van der Waals surface area contributed by atoms with Gasteiger partial charge in [0.2, 0.25) is 11.4 Å². The number of ether oxygens (including phenoxy) is 1. The van der Waals surface area contributed by atoms with Gasteiger partial charge >= 0.3 is 5.97 Å². The van der Waals surface area contributed by atoms with E-state index >= 15 is 0 Å². The third-order valence-electron chi connectivity index (χ3n) is 5.57. The molecule has 2 heterocycles. The molecule has 7 nitrogen and oxygen atoms in total. The van der Waals surface area contributed by atoms with Crippen molar-refractivity contribution in [3.05, 3.63) is 12.2 Å². The van der Waals surface area contributed by atoms with Gasteiger partial charge in [-0.1, -0.05) is 12.2 Å². The first-order chi connectivity index (χ1) is 10.9. The van der Waals surface area contributed by atoms with E-state index < -0.39 is 47.7 Å². The monoisotopic (exact) mass is 325 g/mol. The van der Waals surface area contributed by atoms with Crippen LogP contribution in [0.2, 0.25) is 0 Å². The van der Waals surface area contributed by atoms with Gasteiger partial charge in [-0.25, -0.2) is 4.79 Å². The van der Waals surface area contributed by atoms with Gasteiger partial charge in [-0.15, -0.1) is 0 Å². The number of hydrogen-bond acceptors (Lipinski definition) is 6. The summed E-state index contributed by atoms with van der Waals surface area (Å²) in [5, 5.41) is 32.2. The number of aliphatic hydroxyl groups is 3. The van der Waals surface area contributed by atoms with E-state index in [0.29, 0.717) is 0 Å². The Labute approximate surface area is 134 Å². The smallest absolute Gasteiger partial charge is 0.339 e. The molecule has 0 aromatic carbocycles. The SMILES string of the molecule is C[C@@]12OC(=O)[C@]1([C@@H](O)[C@@H]1C=CCCC1)NC(=O)[C@@H]2CC(O)CO. The minimum atomic E-state index is -1.48. The van der Waals surface area contributed by atoms with Gasteiger partial charge in [0.15, 0.2) is 5.60 Å². The van der Waals surface area contributed by atoms with Crippen LogP contribution in [0.25, 0.3) is 0 Å². The molecule has 0 aromatic rings. The van der Waals surface area contributed by atoms with Crippen LogP contribution in [0.1, 0.15) is 32.6 Å². The third kappa shape index (κ3) is 2.14. The van der Waals surface area contributed by atoms with E-state index in [0.717, 1.165) is 19.3 Å². The molecule has 3 aliphatic rings. The predicted octanol–water partition coefficient (Wildman–Crippen LogP) is -0.753. The number of esters is 1. The van der Waals surface area contributed by atoms with E-state index in [1.54, 1.807) is 6.92 Å². The number of nitrogens with one attached hydrogen (secondary N) is 1. The Balaban J connectivity index is 1.91. The first-order valence-electron chi connectivity index (χ1n) is 8.06. The molecule has 0 aromatic heterocycles. The lowest BCUT2D eigenvalue weighted by molar-refractivity contribution is -0.239. The molecule has 1 aliphatic carbocycles. The standard InChI is InChI=1S/C16H23NO6/c1-15-11(7-10(19)8-18)13(21)17-16(15,14(22)23-15)12(20)9-5-3-2-4-6-9/h3,5,9-12,18-20H,2,4,6-8H2,1H3,(H,17,21)/t9-,10?,11+,12+,15+,16+/m1/s1. The Morgan fingerprint density at radius 3 is 2.74 bits per heavy atom. The number of carbonyl (C=O) groups is 2. The molecule has 0 saturated carbocycles. The van der Waals surface area contributed by atoms with Gasteiger partial charge in [0.25, 0.3) is 0 Å². The molecule has 6 atom stereocenters. The van der Waals surface area contributed by atoms with Crippen molar-refractivity contribution in [2.45, 2.75) is 56.0 Å². The van der Waals surface area contributed by atoms with Crippen LogP contribution in [0.3, 0.4) is 0 Å². The van der Waals surface area contributed by atoms with Crippen LogP contribution in [0.5, 0.6) is 0 Å². The number of amides is 1. The fraction of sp³-hybridized carbons (Fsp3) is 0.750. The molecule has 2 aliphatic heterocycles. The van der Waals surface area contributed by atoms with Crippen molar-refractivity contribution in [3.8, 4) is 0 Å². The fourth-order valence-electron chi connectivity index (χ4n) is 4.15. The maximum Gasteiger partial charge on any atom is 0.339 e. The van der Waals surface area contributed by atoms with E-state index in [2.05, 4.69) is 5.32 Å². The van der Waals surface area contributed by atoms with Crippen molar-refractivity contribution >= 4 is 11.9 Å². The van der Waals surface area contributed by atoms with E-state index in [9.17, 15) is 19.8 Å². The van der Waals surface area contributed by atoms with Crippen LogP contribution in [0.15, 0.2) is 12.2 Å². The summed E-state index contributed by atoms with van der Waals surface area (Å²) in [4.78, 5) is 24.6. The molecule has 23 heavy (non-hydrogen) atoms. The molecule has 4 N–H and O–H groups in total. The summed E-state index contributed by atoms with van der Waals surface area (Å²) in [5.74, 6) is -2.10. The number of hydrogen-bond donors (Lipinski definition) is 4. The lowest BCUT2D eigenvalue weighted by Gasteiger charge is -2.54. The van der Waals surface area contributed by atoms with Crippen LogP contribution >= 0.6 is 0 Å². The number of fused-ring (bicyclic) bond motifs is 1. The zero-order valence-corrected chi connectivity index (χ0v) is 13.1. The van der Waals surface area contributed by atoms with Gasteiger partial charge in [-0.05, 0) is 32.6 Å². The summed E-state index contributed by atoms with van der Waals surface area (Å²) < 4.78 is 5.30. The first kappa shape index (κ1) is 16.4.